The first-order valence-corrected chi connectivity index (χ1v) is 6.69. The standard InChI is InChI=1S/C16H18N2O2/c1-2-9-17-10-11-18(16(17)20)13-15-7-4-3-6-14(15)8-5-12-19/h3-4,6-7,10-11,19H,2,9,12-13H2,1H3. The minimum absolute atomic E-state index is 0.00299. The van der Waals surface area contributed by atoms with Gasteiger partial charge in [0, 0.05) is 24.5 Å². The lowest BCUT2D eigenvalue weighted by atomic mass is 10.1. The van der Waals surface area contributed by atoms with Gasteiger partial charge in [-0.05, 0) is 18.1 Å². The highest BCUT2D eigenvalue weighted by molar-refractivity contribution is 5.41. The van der Waals surface area contributed by atoms with Crippen LogP contribution in [0.1, 0.15) is 24.5 Å². The zero-order chi connectivity index (χ0) is 14.4. The summed E-state index contributed by atoms with van der Waals surface area (Å²) in [6, 6.07) is 7.67. The van der Waals surface area contributed by atoms with E-state index in [9.17, 15) is 4.79 Å². The third-order valence-electron chi connectivity index (χ3n) is 3.04. The van der Waals surface area contributed by atoms with Crippen LogP contribution >= 0.6 is 0 Å². The Morgan fingerprint density at radius 3 is 2.70 bits per heavy atom. The Balaban J connectivity index is 2.28. The second kappa shape index (κ2) is 6.78. The Morgan fingerprint density at radius 2 is 1.95 bits per heavy atom. The number of hydrogen-bond acceptors (Lipinski definition) is 2. The fraction of sp³-hybridized carbons (Fsp3) is 0.312. The summed E-state index contributed by atoms with van der Waals surface area (Å²) in [5.41, 5.74) is 1.82. The second-order valence-corrected chi connectivity index (χ2v) is 4.52. The summed E-state index contributed by atoms with van der Waals surface area (Å²) in [5, 5.41) is 8.78. The molecule has 0 fully saturated rings. The molecule has 0 spiro atoms. The van der Waals surface area contributed by atoms with Gasteiger partial charge in [-0.25, -0.2) is 4.79 Å². The van der Waals surface area contributed by atoms with Crippen LogP contribution in [0.3, 0.4) is 0 Å². The molecular formula is C16H18N2O2. The fourth-order valence-corrected chi connectivity index (χ4v) is 2.08. The maximum atomic E-state index is 12.1. The highest BCUT2D eigenvalue weighted by atomic mass is 16.2. The molecule has 0 aliphatic heterocycles. The van der Waals surface area contributed by atoms with Crippen molar-refractivity contribution in [3.8, 4) is 11.8 Å². The van der Waals surface area contributed by atoms with Crippen LogP contribution < -0.4 is 5.69 Å². The van der Waals surface area contributed by atoms with Crippen LogP contribution in [0.25, 0.3) is 0 Å². The van der Waals surface area contributed by atoms with Gasteiger partial charge >= 0.3 is 5.69 Å². The number of aromatic nitrogens is 2. The molecule has 0 amide bonds. The first-order valence-electron chi connectivity index (χ1n) is 6.69. The second-order valence-electron chi connectivity index (χ2n) is 4.52. The predicted octanol–water partition coefficient (Wildman–Crippen LogP) is 1.45. The Hall–Kier alpha value is -2.25. The smallest absolute Gasteiger partial charge is 0.328 e. The van der Waals surface area contributed by atoms with Gasteiger partial charge in [-0.1, -0.05) is 37.0 Å². The number of aliphatic hydroxyl groups is 1. The fourth-order valence-electron chi connectivity index (χ4n) is 2.08. The van der Waals surface area contributed by atoms with Crippen molar-refractivity contribution in [1.29, 1.82) is 0 Å². The molecular weight excluding hydrogens is 252 g/mol. The maximum Gasteiger partial charge on any atom is 0.328 e. The monoisotopic (exact) mass is 270 g/mol. The quantitative estimate of drug-likeness (QED) is 0.855. The summed E-state index contributed by atoms with van der Waals surface area (Å²) < 4.78 is 3.39. The molecule has 0 unspecified atom stereocenters. The SMILES string of the molecule is CCCn1ccn(Cc2ccccc2C#CCO)c1=O. The number of hydrogen-bond donors (Lipinski definition) is 1. The van der Waals surface area contributed by atoms with E-state index in [1.807, 2.05) is 37.4 Å². The van der Waals surface area contributed by atoms with Gasteiger partial charge in [-0.3, -0.25) is 9.13 Å². The van der Waals surface area contributed by atoms with Crippen LogP contribution in [0, 0.1) is 11.8 Å². The zero-order valence-electron chi connectivity index (χ0n) is 11.5. The van der Waals surface area contributed by atoms with Gasteiger partial charge in [-0.2, -0.15) is 0 Å². The highest BCUT2D eigenvalue weighted by Gasteiger charge is 2.05. The van der Waals surface area contributed by atoms with Gasteiger partial charge in [0.25, 0.3) is 0 Å². The van der Waals surface area contributed by atoms with Gasteiger partial charge < -0.3 is 5.11 Å². The molecule has 0 saturated carbocycles. The van der Waals surface area contributed by atoms with Gasteiger partial charge in [0.2, 0.25) is 0 Å². The number of aryl methyl sites for hydroxylation is 1. The highest BCUT2D eigenvalue weighted by Crippen LogP contribution is 2.08. The largest absolute Gasteiger partial charge is 0.384 e. The Morgan fingerprint density at radius 1 is 1.20 bits per heavy atom. The lowest BCUT2D eigenvalue weighted by molar-refractivity contribution is 0.350. The van der Waals surface area contributed by atoms with Crippen LogP contribution in [-0.4, -0.2) is 20.8 Å². The van der Waals surface area contributed by atoms with Crippen LogP contribution in [0.15, 0.2) is 41.5 Å². The number of aliphatic hydroxyl groups excluding tert-OH is 1. The van der Waals surface area contributed by atoms with Crippen molar-refractivity contribution in [3.63, 3.8) is 0 Å². The van der Waals surface area contributed by atoms with E-state index >= 15 is 0 Å². The van der Waals surface area contributed by atoms with Crippen molar-refractivity contribution in [2.45, 2.75) is 26.4 Å². The molecule has 4 heteroatoms. The molecule has 0 bridgehead atoms. The lowest BCUT2D eigenvalue weighted by Crippen LogP contribution is -2.24. The summed E-state index contributed by atoms with van der Waals surface area (Å²) in [4.78, 5) is 12.1. The predicted molar refractivity (Wildman–Crippen MR) is 78.5 cm³/mol. The molecule has 1 aromatic heterocycles. The average molecular weight is 270 g/mol. The Labute approximate surface area is 118 Å². The average Bonchev–Trinajstić information content (AvgIpc) is 2.80. The normalized spacial score (nSPS) is 10.1. The van der Waals surface area contributed by atoms with E-state index in [0.29, 0.717) is 6.54 Å². The summed E-state index contributed by atoms with van der Waals surface area (Å²) in [5.74, 6) is 5.56. The van der Waals surface area contributed by atoms with Crippen molar-refractivity contribution in [2.24, 2.45) is 0 Å². The summed E-state index contributed by atoms with van der Waals surface area (Å²) >= 11 is 0. The van der Waals surface area contributed by atoms with E-state index in [2.05, 4.69) is 11.8 Å². The summed E-state index contributed by atoms with van der Waals surface area (Å²) in [6.45, 7) is 3.11. The topological polar surface area (TPSA) is 47.2 Å². The molecule has 0 aliphatic rings. The van der Waals surface area contributed by atoms with Gasteiger partial charge in [0.1, 0.15) is 6.61 Å². The third kappa shape index (κ3) is 3.19. The minimum Gasteiger partial charge on any atom is -0.384 e. The number of imidazole rings is 1. The molecule has 1 aromatic carbocycles. The van der Waals surface area contributed by atoms with Crippen molar-refractivity contribution in [3.05, 3.63) is 58.3 Å². The molecule has 20 heavy (non-hydrogen) atoms. The van der Waals surface area contributed by atoms with Crippen LogP contribution in [-0.2, 0) is 13.1 Å². The van der Waals surface area contributed by atoms with Gasteiger partial charge in [-0.15, -0.1) is 0 Å². The molecule has 2 aromatic rings. The van der Waals surface area contributed by atoms with Crippen LogP contribution in [0.4, 0.5) is 0 Å². The van der Waals surface area contributed by atoms with E-state index in [-0.39, 0.29) is 12.3 Å². The summed E-state index contributed by atoms with van der Waals surface area (Å²) in [6.07, 6.45) is 4.55. The number of benzene rings is 1. The molecule has 1 N–H and O–H groups in total. The van der Waals surface area contributed by atoms with Crippen molar-refractivity contribution in [1.82, 2.24) is 9.13 Å². The van der Waals surface area contributed by atoms with Crippen LogP contribution in [0.5, 0.6) is 0 Å². The molecule has 0 saturated heterocycles. The van der Waals surface area contributed by atoms with Crippen molar-refractivity contribution >= 4 is 0 Å². The molecule has 0 aliphatic carbocycles. The summed E-state index contributed by atoms with van der Waals surface area (Å²) in [7, 11) is 0. The van der Waals surface area contributed by atoms with E-state index in [1.54, 1.807) is 15.3 Å². The Bertz CT molecular complexity index is 686. The minimum atomic E-state index is -0.166. The van der Waals surface area contributed by atoms with Crippen molar-refractivity contribution in [2.75, 3.05) is 6.61 Å². The molecule has 0 radical (unpaired) electrons. The molecule has 1 heterocycles. The molecule has 2 rings (SSSR count). The Kier molecular flexibility index (Phi) is 4.80. The van der Waals surface area contributed by atoms with E-state index in [4.69, 9.17) is 5.11 Å². The first-order chi connectivity index (χ1) is 9.76. The van der Waals surface area contributed by atoms with E-state index in [1.165, 1.54) is 0 Å². The third-order valence-corrected chi connectivity index (χ3v) is 3.04. The van der Waals surface area contributed by atoms with E-state index < -0.39 is 0 Å². The molecule has 4 nitrogen and oxygen atoms in total. The molecule has 0 atom stereocenters. The van der Waals surface area contributed by atoms with E-state index in [0.717, 1.165) is 24.1 Å². The zero-order valence-corrected chi connectivity index (χ0v) is 11.5. The maximum absolute atomic E-state index is 12.1. The lowest BCUT2D eigenvalue weighted by Gasteiger charge is -2.05. The first kappa shape index (κ1) is 14.2. The van der Waals surface area contributed by atoms with Gasteiger partial charge in [0.05, 0.1) is 6.54 Å². The van der Waals surface area contributed by atoms with Gasteiger partial charge in [0.15, 0.2) is 0 Å². The van der Waals surface area contributed by atoms with Crippen LogP contribution in [0.2, 0.25) is 0 Å². The number of rotatable bonds is 4. The molecule has 104 valence electrons. The van der Waals surface area contributed by atoms with Crippen molar-refractivity contribution < 1.29 is 5.11 Å². The number of nitrogens with zero attached hydrogens (tertiary/aromatic N) is 2.